The van der Waals surface area contributed by atoms with E-state index in [1.165, 1.54) is 16.2 Å². The van der Waals surface area contributed by atoms with Gasteiger partial charge in [0.05, 0.1) is 23.8 Å². The average Bonchev–Trinajstić information content (AvgIpc) is 3.51. The van der Waals surface area contributed by atoms with Crippen LogP contribution in [0.2, 0.25) is 5.02 Å². The van der Waals surface area contributed by atoms with Crippen LogP contribution < -0.4 is 11.2 Å². The second-order valence-corrected chi connectivity index (χ2v) is 13.3. The molecule has 0 aliphatic carbocycles. The third kappa shape index (κ3) is 5.93. The number of aromatic nitrogens is 5. The third-order valence-corrected chi connectivity index (χ3v) is 7.54. The van der Waals surface area contributed by atoms with Crippen LogP contribution in [0.15, 0.2) is 33.9 Å². The number of ether oxygens (including phenoxy) is 2. The minimum Gasteiger partial charge on any atom is -0.444 e. The molecular weight excluding hydrogens is 576 g/mol. The van der Waals surface area contributed by atoms with Gasteiger partial charge < -0.3 is 14.5 Å². The van der Waals surface area contributed by atoms with Gasteiger partial charge in [0.2, 0.25) is 0 Å². The molecule has 1 N–H and O–H groups in total. The summed E-state index contributed by atoms with van der Waals surface area (Å²) in [4.78, 5) is 63.1. The van der Waals surface area contributed by atoms with Gasteiger partial charge in [0.15, 0.2) is 5.65 Å². The highest BCUT2D eigenvalue weighted by atomic mass is 35.5. The van der Waals surface area contributed by atoms with E-state index in [2.05, 4.69) is 9.97 Å². The normalized spacial score (nSPS) is 16.2. The molecular formula is C30H37ClN6O6. The Balaban J connectivity index is 1.59. The van der Waals surface area contributed by atoms with Gasteiger partial charge in [-0.1, -0.05) is 17.7 Å². The largest absolute Gasteiger partial charge is 0.444 e. The lowest BCUT2D eigenvalue weighted by molar-refractivity contribution is 0.00854. The zero-order valence-electron chi connectivity index (χ0n) is 25.5. The summed E-state index contributed by atoms with van der Waals surface area (Å²) in [5, 5.41) is 0.997. The molecule has 1 saturated heterocycles. The summed E-state index contributed by atoms with van der Waals surface area (Å²) >= 11 is 6.44. The number of aryl methyl sites for hydroxylation is 1. The molecule has 43 heavy (non-hydrogen) atoms. The van der Waals surface area contributed by atoms with Crippen molar-refractivity contribution in [3.63, 3.8) is 0 Å². The number of piperidine rings is 1. The number of fused-ring (bicyclic) bond motifs is 2. The average molecular weight is 613 g/mol. The molecule has 5 rings (SSSR count). The number of hydrogen-bond acceptors (Lipinski definition) is 7. The first-order valence-electron chi connectivity index (χ1n) is 14.3. The Hall–Kier alpha value is -4.06. The molecule has 4 aromatic rings. The first kappa shape index (κ1) is 30.4. The number of nitrogens with one attached hydrogen (secondary N) is 1. The number of halogens is 1. The van der Waals surface area contributed by atoms with Crippen LogP contribution in [0.1, 0.15) is 78.4 Å². The predicted octanol–water partition coefficient (Wildman–Crippen LogP) is 5.33. The van der Waals surface area contributed by atoms with Crippen molar-refractivity contribution in [3.8, 4) is 0 Å². The number of likely N-dealkylation sites (tertiary alicyclic amines) is 1. The minimum atomic E-state index is -0.784. The van der Waals surface area contributed by atoms with Gasteiger partial charge in [0.25, 0.3) is 5.56 Å². The van der Waals surface area contributed by atoms with Crippen molar-refractivity contribution in [3.05, 3.63) is 61.6 Å². The third-order valence-electron chi connectivity index (χ3n) is 7.21. The highest BCUT2D eigenvalue weighted by Gasteiger charge is 2.34. The monoisotopic (exact) mass is 612 g/mol. The zero-order valence-corrected chi connectivity index (χ0v) is 26.2. The van der Waals surface area contributed by atoms with E-state index >= 15 is 0 Å². The van der Waals surface area contributed by atoms with E-state index < -0.39 is 40.7 Å². The van der Waals surface area contributed by atoms with Crippen LogP contribution in [-0.4, -0.2) is 58.5 Å². The van der Waals surface area contributed by atoms with Crippen LogP contribution in [0.3, 0.4) is 0 Å². The van der Waals surface area contributed by atoms with Crippen LogP contribution in [0.5, 0.6) is 0 Å². The van der Waals surface area contributed by atoms with Crippen LogP contribution in [0.4, 0.5) is 9.59 Å². The Labute approximate surface area is 253 Å². The maximum absolute atomic E-state index is 13.8. The highest BCUT2D eigenvalue weighted by molar-refractivity contribution is 6.35. The van der Waals surface area contributed by atoms with Crippen molar-refractivity contribution < 1.29 is 19.1 Å². The molecule has 0 radical (unpaired) electrons. The molecule has 1 aliphatic rings. The van der Waals surface area contributed by atoms with Gasteiger partial charge in [-0.15, -0.1) is 0 Å². The quantitative estimate of drug-likeness (QED) is 0.331. The van der Waals surface area contributed by atoms with Crippen molar-refractivity contribution >= 4 is 45.9 Å². The number of rotatable bonds is 3. The van der Waals surface area contributed by atoms with Crippen LogP contribution in [0.25, 0.3) is 22.1 Å². The standard InChI is InChI=1S/C30H37ClN6O6/c1-29(2,3)42-27(40)35-14-9-8-12-21(35)23-32-22-24(33-23)34(7)26(39)36(25(22)38)16-17-15-18-19(31)11-10-13-20(18)37(17)28(41)43-30(4,5)6/h10-11,13,15,21H,8-9,12,14,16H2,1-7H3,(H,32,33). The first-order chi connectivity index (χ1) is 20.1. The minimum absolute atomic E-state index is 0.116. The summed E-state index contributed by atoms with van der Waals surface area (Å²) in [6.45, 7) is 10.9. The Morgan fingerprint density at radius 3 is 2.40 bits per heavy atom. The molecule has 0 spiro atoms. The molecule has 1 aromatic carbocycles. The number of aromatic amines is 1. The zero-order chi connectivity index (χ0) is 31.4. The first-order valence-corrected chi connectivity index (χ1v) is 14.6. The molecule has 13 heteroatoms. The topological polar surface area (TPSA) is 133 Å². The number of imidazole rings is 1. The maximum atomic E-state index is 13.8. The Morgan fingerprint density at radius 1 is 1.05 bits per heavy atom. The highest BCUT2D eigenvalue weighted by Crippen LogP contribution is 2.32. The van der Waals surface area contributed by atoms with Gasteiger partial charge >= 0.3 is 17.9 Å². The maximum Gasteiger partial charge on any atom is 0.419 e. The summed E-state index contributed by atoms with van der Waals surface area (Å²) < 4.78 is 14.9. The number of carbonyl (C=O) groups excluding carboxylic acids is 2. The van der Waals surface area contributed by atoms with E-state index in [-0.39, 0.29) is 17.7 Å². The van der Waals surface area contributed by atoms with E-state index in [1.807, 2.05) is 0 Å². The fraction of sp³-hybridized carbons (Fsp3) is 0.500. The molecule has 230 valence electrons. The molecule has 1 amide bonds. The Kier molecular flexibility index (Phi) is 7.70. The van der Waals surface area contributed by atoms with E-state index in [1.54, 1.807) is 70.7 Å². The molecule has 1 aliphatic heterocycles. The smallest absolute Gasteiger partial charge is 0.419 e. The van der Waals surface area contributed by atoms with Gasteiger partial charge in [-0.3, -0.25) is 18.8 Å². The number of amides is 1. The molecule has 3 aromatic heterocycles. The molecule has 1 fully saturated rings. The van der Waals surface area contributed by atoms with Gasteiger partial charge in [-0.2, -0.15) is 0 Å². The van der Waals surface area contributed by atoms with Crippen molar-refractivity contribution in [1.29, 1.82) is 0 Å². The summed E-state index contributed by atoms with van der Waals surface area (Å²) in [5.41, 5.74) is -1.55. The Morgan fingerprint density at radius 2 is 1.72 bits per heavy atom. The summed E-state index contributed by atoms with van der Waals surface area (Å²) in [7, 11) is 1.53. The lowest BCUT2D eigenvalue weighted by Crippen LogP contribution is -2.42. The van der Waals surface area contributed by atoms with Gasteiger partial charge in [-0.25, -0.2) is 23.9 Å². The lowest BCUT2D eigenvalue weighted by Gasteiger charge is -2.35. The molecule has 1 unspecified atom stereocenters. The van der Waals surface area contributed by atoms with Gasteiger partial charge in [0, 0.05) is 24.0 Å². The second-order valence-electron chi connectivity index (χ2n) is 12.9. The van der Waals surface area contributed by atoms with Crippen molar-refractivity contribution in [2.75, 3.05) is 6.54 Å². The van der Waals surface area contributed by atoms with Crippen LogP contribution in [0, 0.1) is 0 Å². The Bertz CT molecular complexity index is 1850. The molecule has 0 bridgehead atoms. The number of benzene rings is 1. The van der Waals surface area contributed by atoms with Crippen LogP contribution >= 0.6 is 11.6 Å². The van der Waals surface area contributed by atoms with E-state index in [0.717, 1.165) is 17.4 Å². The molecule has 1 atom stereocenters. The van der Waals surface area contributed by atoms with Crippen molar-refractivity contribution in [2.45, 2.75) is 84.6 Å². The predicted molar refractivity (Wildman–Crippen MR) is 163 cm³/mol. The molecule has 0 saturated carbocycles. The number of carbonyl (C=O) groups is 2. The lowest BCUT2D eigenvalue weighted by atomic mass is 10.0. The fourth-order valence-corrected chi connectivity index (χ4v) is 5.59. The SMILES string of the molecule is Cn1c(=O)n(Cc2cc3c(Cl)cccc3n2C(=O)OC(C)(C)C)c(=O)c2[nH]c(C3CCCCN3C(=O)OC(C)(C)C)nc21. The number of H-pyrrole nitrogens is 1. The second kappa shape index (κ2) is 10.9. The molecule has 4 heterocycles. The van der Waals surface area contributed by atoms with Gasteiger partial charge in [0.1, 0.15) is 22.5 Å². The van der Waals surface area contributed by atoms with E-state index in [9.17, 15) is 19.2 Å². The number of hydrogen-bond donors (Lipinski definition) is 1. The number of nitrogens with zero attached hydrogens (tertiary/aromatic N) is 5. The summed E-state index contributed by atoms with van der Waals surface area (Å²) in [6, 6.07) is 6.36. The van der Waals surface area contributed by atoms with Crippen molar-refractivity contribution in [1.82, 2.24) is 28.6 Å². The summed E-state index contributed by atoms with van der Waals surface area (Å²) in [6.07, 6.45) is 1.18. The van der Waals surface area contributed by atoms with Crippen molar-refractivity contribution in [2.24, 2.45) is 7.05 Å². The summed E-state index contributed by atoms with van der Waals surface area (Å²) in [5.74, 6) is 0.403. The van der Waals surface area contributed by atoms with E-state index in [0.29, 0.717) is 40.4 Å². The van der Waals surface area contributed by atoms with E-state index in [4.69, 9.17) is 21.1 Å². The fourth-order valence-electron chi connectivity index (χ4n) is 5.37. The van der Waals surface area contributed by atoms with Crippen LogP contribution in [-0.2, 0) is 23.1 Å². The van der Waals surface area contributed by atoms with Gasteiger partial charge in [-0.05, 0) is 79.0 Å². The molecule has 12 nitrogen and oxygen atoms in total.